The van der Waals surface area contributed by atoms with Gasteiger partial charge in [-0.25, -0.2) is 13.2 Å². The van der Waals surface area contributed by atoms with Crippen molar-refractivity contribution < 1.29 is 31.5 Å². The predicted octanol–water partition coefficient (Wildman–Crippen LogP) is 3.62. The molecule has 32 heavy (non-hydrogen) atoms. The van der Waals surface area contributed by atoms with Gasteiger partial charge in [0.25, 0.3) is 0 Å². The first-order valence-electron chi connectivity index (χ1n) is 11.0. The summed E-state index contributed by atoms with van der Waals surface area (Å²) in [5, 5.41) is 7.12. The molecule has 4 rings (SSSR count). The van der Waals surface area contributed by atoms with Gasteiger partial charge < -0.3 is 10.0 Å². The number of hydrogen-bond donors (Lipinski definition) is 1. The summed E-state index contributed by atoms with van der Waals surface area (Å²) in [5.41, 5.74) is 2.60. The number of halogens is 3. The van der Waals surface area contributed by atoms with Gasteiger partial charge in [-0.15, -0.1) is 0 Å². The smallest absolute Gasteiger partial charge is 0.475 e. The normalized spacial score (nSPS) is 22.2. The molecular weight excluding hydrogens is 445 g/mol. The Morgan fingerprint density at radius 3 is 2.25 bits per heavy atom. The molecule has 1 aromatic rings. The van der Waals surface area contributed by atoms with Crippen molar-refractivity contribution >= 4 is 16.0 Å². The van der Waals surface area contributed by atoms with Crippen LogP contribution in [0, 0.1) is 5.92 Å². The first-order valence-corrected chi connectivity index (χ1v) is 12.8. The molecule has 2 fully saturated rings. The van der Waals surface area contributed by atoms with Gasteiger partial charge in [0, 0.05) is 25.0 Å². The highest BCUT2D eigenvalue weighted by Gasteiger charge is 2.44. The van der Waals surface area contributed by atoms with E-state index in [0.29, 0.717) is 13.1 Å². The van der Waals surface area contributed by atoms with Crippen LogP contribution in [0.5, 0.6) is 0 Å². The second-order valence-electron chi connectivity index (χ2n) is 9.22. The lowest BCUT2D eigenvalue weighted by Crippen LogP contribution is -2.53. The summed E-state index contributed by atoms with van der Waals surface area (Å²) in [6.07, 6.45) is 4.01. The molecule has 0 radical (unpaired) electrons. The summed E-state index contributed by atoms with van der Waals surface area (Å²) in [5.74, 6) is -1.87. The van der Waals surface area contributed by atoms with Crippen molar-refractivity contribution in [3.8, 4) is 0 Å². The SMILES string of the molecule is CS(=O)(=O)N1Cc2ccccc2C2(CCN(CC3CCCC3)CC2)C1.O=C(O)C(F)(F)F. The lowest BCUT2D eigenvalue weighted by Gasteiger charge is -2.48. The van der Waals surface area contributed by atoms with Gasteiger partial charge in [0.05, 0.1) is 6.26 Å². The molecule has 180 valence electrons. The third kappa shape index (κ3) is 6.02. The average molecular weight is 477 g/mol. The quantitative estimate of drug-likeness (QED) is 0.721. The number of rotatable bonds is 3. The molecule has 6 nitrogen and oxygen atoms in total. The average Bonchev–Trinajstić information content (AvgIpc) is 3.22. The molecule has 0 bridgehead atoms. The number of carboxylic acids is 1. The monoisotopic (exact) mass is 476 g/mol. The number of benzene rings is 1. The molecule has 1 aliphatic carbocycles. The number of aliphatic carboxylic acids is 1. The Labute approximate surface area is 187 Å². The van der Waals surface area contributed by atoms with Crippen LogP contribution in [-0.4, -0.2) is 67.3 Å². The van der Waals surface area contributed by atoms with Gasteiger partial charge in [-0.1, -0.05) is 37.1 Å². The summed E-state index contributed by atoms with van der Waals surface area (Å²) >= 11 is 0. The molecule has 0 amide bonds. The maximum absolute atomic E-state index is 12.2. The summed E-state index contributed by atoms with van der Waals surface area (Å²) < 4.78 is 57.9. The topological polar surface area (TPSA) is 77.9 Å². The van der Waals surface area contributed by atoms with Gasteiger partial charge >= 0.3 is 12.1 Å². The van der Waals surface area contributed by atoms with E-state index in [1.54, 1.807) is 4.31 Å². The highest BCUT2D eigenvalue weighted by molar-refractivity contribution is 7.88. The molecule has 1 spiro atoms. The molecule has 3 aliphatic rings. The fourth-order valence-corrected chi connectivity index (χ4v) is 6.08. The molecular formula is C22H31F3N2O4S. The van der Waals surface area contributed by atoms with E-state index in [1.807, 2.05) is 6.07 Å². The van der Waals surface area contributed by atoms with Gasteiger partial charge in [0.2, 0.25) is 10.0 Å². The Kier molecular flexibility index (Phi) is 7.56. The molecule has 0 atom stereocenters. The van der Waals surface area contributed by atoms with Crippen molar-refractivity contribution in [1.82, 2.24) is 9.21 Å². The fourth-order valence-electron chi connectivity index (χ4n) is 5.23. The van der Waals surface area contributed by atoms with Gasteiger partial charge in [-0.2, -0.15) is 17.5 Å². The van der Waals surface area contributed by atoms with E-state index in [4.69, 9.17) is 9.90 Å². The second kappa shape index (κ2) is 9.69. The molecule has 2 heterocycles. The van der Waals surface area contributed by atoms with Gasteiger partial charge in [-0.05, 0) is 55.8 Å². The summed E-state index contributed by atoms with van der Waals surface area (Å²) in [7, 11) is -3.16. The van der Waals surface area contributed by atoms with Crippen LogP contribution in [-0.2, 0) is 26.8 Å². The number of alkyl halides is 3. The van der Waals surface area contributed by atoms with E-state index in [1.165, 1.54) is 49.6 Å². The van der Waals surface area contributed by atoms with Gasteiger partial charge in [0.15, 0.2) is 0 Å². The number of likely N-dealkylation sites (tertiary alicyclic amines) is 1. The van der Waals surface area contributed by atoms with E-state index in [2.05, 4.69) is 23.1 Å². The van der Waals surface area contributed by atoms with Crippen molar-refractivity contribution in [2.75, 3.05) is 32.4 Å². The zero-order chi connectivity index (χ0) is 23.6. The molecule has 0 unspecified atom stereocenters. The number of hydrogen-bond acceptors (Lipinski definition) is 4. The minimum atomic E-state index is -5.08. The van der Waals surface area contributed by atoms with Crippen molar-refractivity contribution in [3.05, 3.63) is 35.4 Å². The molecule has 0 aromatic heterocycles. The van der Waals surface area contributed by atoms with Crippen LogP contribution in [0.3, 0.4) is 0 Å². The van der Waals surface area contributed by atoms with E-state index in [9.17, 15) is 21.6 Å². The summed E-state index contributed by atoms with van der Waals surface area (Å²) in [6, 6.07) is 8.50. The zero-order valence-corrected chi connectivity index (χ0v) is 19.1. The first-order chi connectivity index (χ1) is 14.9. The standard InChI is InChI=1S/C20H30N2O2S.C2HF3O2/c1-25(23,24)22-15-18-8-4-5-9-19(18)20(16-22)10-12-21(13-11-20)14-17-6-2-3-7-17;3-2(4,5)1(6)7/h4-5,8-9,17H,2-3,6-7,10-16H2,1H3;(H,6,7). The zero-order valence-electron chi connectivity index (χ0n) is 18.3. The lowest BCUT2D eigenvalue weighted by molar-refractivity contribution is -0.192. The number of carbonyl (C=O) groups is 1. The van der Waals surface area contributed by atoms with Crippen LogP contribution >= 0.6 is 0 Å². The largest absolute Gasteiger partial charge is 0.490 e. The number of piperidine rings is 1. The number of carboxylic acid groups (broad SMARTS) is 1. The van der Waals surface area contributed by atoms with Crippen LogP contribution in [0.1, 0.15) is 49.7 Å². The Bertz CT molecular complexity index is 906. The minimum Gasteiger partial charge on any atom is -0.475 e. The van der Waals surface area contributed by atoms with Crippen LogP contribution in [0.2, 0.25) is 0 Å². The van der Waals surface area contributed by atoms with Crippen molar-refractivity contribution in [2.45, 2.75) is 56.7 Å². The van der Waals surface area contributed by atoms with Crippen LogP contribution in [0.15, 0.2) is 24.3 Å². The Morgan fingerprint density at radius 2 is 1.72 bits per heavy atom. The predicted molar refractivity (Wildman–Crippen MR) is 115 cm³/mol. The number of fused-ring (bicyclic) bond motifs is 2. The van der Waals surface area contributed by atoms with E-state index in [-0.39, 0.29) is 5.41 Å². The third-order valence-corrected chi connectivity index (χ3v) is 8.13. The van der Waals surface area contributed by atoms with Crippen molar-refractivity contribution in [2.24, 2.45) is 5.92 Å². The Hall–Kier alpha value is -1.65. The molecule has 1 aromatic carbocycles. The van der Waals surface area contributed by atoms with Gasteiger partial charge in [-0.3, -0.25) is 0 Å². The highest BCUT2D eigenvalue weighted by atomic mass is 32.2. The summed E-state index contributed by atoms with van der Waals surface area (Å²) in [6.45, 7) is 4.63. The maximum atomic E-state index is 12.2. The lowest BCUT2D eigenvalue weighted by atomic mass is 9.69. The molecule has 1 saturated carbocycles. The highest BCUT2D eigenvalue weighted by Crippen LogP contribution is 2.42. The van der Waals surface area contributed by atoms with Crippen molar-refractivity contribution in [1.29, 1.82) is 0 Å². The molecule has 2 aliphatic heterocycles. The molecule has 1 N–H and O–H groups in total. The molecule has 10 heteroatoms. The van der Waals surface area contributed by atoms with Crippen molar-refractivity contribution in [3.63, 3.8) is 0 Å². The van der Waals surface area contributed by atoms with Crippen LogP contribution < -0.4 is 0 Å². The second-order valence-corrected chi connectivity index (χ2v) is 11.2. The number of sulfonamides is 1. The Morgan fingerprint density at radius 1 is 1.16 bits per heavy atom. The maximum Gasteiger partial charge on any atom is 0.490 e. The van der Waals surface area contributed by atoms with E-state index >= 15 is 0 Å². The van der Waals surface area contributed by atoms with Gasteiger partial charge in [0.1, 0.15) is 0 Å². The summed E-state index contributed by atoms with van der Waals surface area (Å²) in [4.78, 5) is 11.5. The van der Waals surface area contributed by atoms with E-state index in [0.717, 1.165) is 31.8 Å². The van der Waals surface area contributed by atoms with Crippen LogP contribution in [0.25, 0.3) is 0 Å². The van der Waals surface area contributed by atoms with Crippen LogP contribution in [0.4, 0.5) is 13.2 Å². The fraction of sp³-hybridized carbons (Fsp3) is 0.682. The number of nitrogens with zero attached hydrogens (tertiary/aromatic N) is 2. The minimum absolute atomic E-state index is 0.00407. The third-order valence-electron chi connectivity index (χ3n) is 6.93. The Balaban J connectivity index is 0.000000360. The first kappa shape index (κ1) is 25.0. The molecule has 1 saturated heterocycles. The van der Waals surface area contributed by atoms with E-state index < -0.39 is 22.2 Å².